The maximum atomic E-state index is 10.8. The Bertz CT molecular complexity index is 557. The average Bonchev–Trinajstić information content (AvgIpc) is 2.26. The topological polar surface area (TPSA) is 101 Å². The van der Waals surface area contributed by atoms with E-state index in [-0.39, 0.29) is 5.69 Å². The van der Waals surface area contributed by atoms with Crippen LogP contribution in [0.1, 0.15) is 12.0 Å². The molecule has 0 saturated heterocycles. The van der Waals surface area contributed by atoms with Crippen molar-refractivity contribution in [1.82, 2.24) is 4.72 Å². The number of nitro benzene ring substituents is 1. The summed E-state index contributed by atoms with van der Waals surface area (Å²) < 4.78 is 24.0. The van der Waals surface area contributed by atoms with Crippen LogP contribution < -0.4 is 10.0 Å². The third kappa shape index (κ3) is 5.66. The smallest absolute Gasteiger partial charge is 0.292 e. The molecule has 19 heavy (non-hydrogen) atoms. The number of hydrogen-bond acceptors (Lipinski definition) is 5. The lowest BCUT2D eigenvalue weighted by Gasteiger charge is -2.08. The maximum absolute atomic E-state index is 10.8. The zero-order chi connectivity index (χ0) is 14.5. The van der Waals surface area contributed by atoms with E-state index in [0.717, 1.165) is 11.8 Å². The summed E-state index contributed by atoms with van der Waals surface area (Å²) >= 11 is 0. The SMILES string of the molecule is Cc1ccc([N+](=O)[O-])c(NCCCNS(C)(=O)=O)c1. The van der Waals surface area contributed by atoms with Crippen molar-refractivity contribution in [3.63, 3.8) is 0 Å². The van der Waals surface area contributed by atoms with Crippen LogP contribution in [-0.4, -0.2) is 32.7 Å². The number of rotatable bonds is 7. The van der Waals surface area contributed by atoms with Gasteiger partial charge in [0.25, 0.3) is 5.69 Å². The van der Waals surface area contributed by atoms with E-state index in [9.17, 15) is 18.5 Å². The van der Waals surface area contributed by atoms with E-state index in [0.29, 0.717) is 25.2 Å². The van der Waals surface area contributed by atoms with Crippen LogP contribution in [0.3, 0.4) is 0 Å². The molecule has 2 N–H and O–H groups in total. The lowest BCUT2D eigenvalue weighted by atomic mass is 10.2. The predicted octanol–water partition coefficient (Wildman–Crippen LogP) is 1.25. The molecule has 0 bridgehead atoms. The number of nitro groups is 1. The highest BCUT2D eigenvalue weighted by Crippen LogP contribution is 2.24. The second-order valence-corrected chi connectivity index (χ2v) is 6.06. The lowest BCUT2D eigenvalue weighted by molar-refractivity contribution is -0.384. The molecule has 8 heteroatoms. The Hall–Kier alpha value is -1.67. The van der Waals surface area contributed by atoms with Gasteiger partial charge in [-0.15, -0.1) is 0 Å². The second-order valence-electron chi connectivity index (χ2n) is 4.22. The van der Waals surface area contributed by atoms with Gasteiger partial charge in [0.2, 0.25) is 10.0 Å². The summed E-state index contributed by atoms with van der Waals surface area (Å²) in [5.41, 5.74) is 1.38. The van der Waals surface area contributed by atoms with Crippen LogP contribution in [0.15, 0.2) is 18.2 Å². The summed E-state index contributed by atoms with van der Waals surface area (Å²) in [7, 11) is -3.18. The Balaban J connectivity index is 2.53. The molecule has 0 radical (unpaired) electrons. The van der Waals surface area contributed by atoms with Crippen molar-refractivity contribution in [3.8, 4) is 0 Å². The monoisotopic (exact) mass is 287 g/mol. The summed E-state index contributed by atoms with van der Waals surface area (Å²) in [4.78, 5) is 10.4. The first-order chi connectivity index (χ1) is 8.79. The van der Waals surface area contributed by atoms with E-state index in [4.69, 9.17) is 0 Å². The van der Waals surface area contributed by atoms with Gasteiger partial charge >= 0.3 is 0 Å². The third-order valence-electron chi connectivity index (χ3n) is 2.38. The molecule has 0 saturated carbocycles. The normalized spacial score (nSPS) is 11.3. The van der Waals surface area contributed by atoms with Crippen molar-refractivity contribution >= 4 is 21.4 Å². The van der Waals surface area contributed by atoms with Crippen LogP contribution in [0.2, 0.25) is 0 Å². The van der Waals surface area contributed by atoms with Gasteiger partial charge in [-0.05, 0) is 25.0 Å². The molecule has 0 spiro atoms. The molecule has 0 unspecified atom stereocenters. The van der Waals surface area contributed by atoms with Crippen LogP contribution in [0, 0.1) is 17.0 Å². The maximum Gasteiger partial charge on any atom is 0.292 e. The van der Waals surface area contributed by atoms with Gasteiger partial charge in [-0.3, -0.25) is 10.1 Å². The number of benzene rings is 1. The van der Waals surface area contributed by atoms with Crippen molar-refractivity contribution in [2.24, 2.45) is 0 Å². The van der Waals surface area contributed by atoms with Crippen molar-refractivity contribution in [2.75, 3.05) is 24.7 Å². The number of nitrogens with zero attached hydrogens (tertiary/aromatic N) is 1. The molecule has 0 aliphatic heterocycles. The molecule has 0 amide bonds. The zero-order valence-corrected chi connectivity index (χ0v) is 11.7. The van der Waals surface area contributed by atoms with Gasteiger partial charge in [0.15, 0.2) is 0 Å². The fourth-order valence-corrected chi connectivity index (χ4v) is 2.03. The molecular weight excluding hydrogens is 270 g/mol. The summed E-state index contributed by atoms with van der Waals surface area (Å²) in [6.07, 6.45) is 1.63. The van der Waals surface area contributed by atoms with E-state index in [1.54, 1.807) is 12.1 Å². The van der Waals surface area contributed by atoms with E-state index in [1.807, 2.05) is 6.92 Å². The molecule has 0 fully saturated rings. The Morgan fingerprint density at radius 2 is 2.00 bits per heavy atom. The number of aryl methyl sites for hydroxylation is 1. The third-order valence-corrected chi connectivity index (χ3v) is 3.11. The Morgan fingerprint density at radius 3 is 2.58 bits per heavy atom. The first kappa shape index (κ1) is 15.4. The van der Waals surface area contributed by atoms with Gasteiger partial charge in [0, 0.05) is 19.2 Å². The predicted molar refractivity (Wildman–Crippen MR) is 73.8 cm³/mol. The average molecular weight is 287 g/mol. The van der Waals surface area contributed by atoms with Crippen LogP contribution in [0.4, 0.5) is 11.4 Å². The highest BCUT2D eigenvalue weighted by molar-refractivity contribution is 7.88. The van der Waals surface area contributed by atoms with Crippen molar-refractivity contribution < 1.29 is 13.3 Å². The van der Waals surface area contributed by atoms with Gasteiger partial charge in [-0.25, -0.2) is 13.1 Å². The second kappa shape index (κ2) is 6.48. The summed E-state index contributed by atoms with van der Waals surface area (Å²) in [6, 6.07) is 4.82. The molecular formula is C11H17N3O4S. The van der Waals surface area contributed by atoms with Gasteiger partial charge < -0.3 is 5.32 Å². The molecule has 1 aromatic carbocycles. The first-order valence-corrected chi connectivity index (χ1v) is 7.62. The van der Waals surface area contributed by atoms with Crippen LogP contribution in [0.25, 0.3) is 0 Å². The van der Waals surface area contributed by atoms with E-state index >= 15 is 0 Å². The number of hydrogen-bond donors (Lipinski definition) is 2. The van der Waals surface area contributed by atoms with Crippen LogP contribution >= 0.6 is 0 Å². The molecule has 0 aliphatic rings. The first-order valence-electron chi connectivity index (χ1n) is 5.73. The van der Waals surface area contributed by atoms with Gasteiger partial charge in [-0.2, -0.15) is 0 Å². The molecule has 106 valence electrons. The summed E-state index contributed by atoms with van der Waals surface area (Å²) in [6.45, 7) is 2.60. The molecule has 0 aliphatic carbocycles. The number of sulfonamides is 1. The van der Waals surface area contributed by atoms with Crippen molar-refractivity contribution in [2.45, 2.75) is 13.3 Å². The molecule has 1 aromatic rings. The minimum atomic E-state index is -3.18. The van der Waals surface area contributed by atoms with Crippen LogP contribution in [0.5, 0.6) is 0 Å². The molecule has 0 aromatic heterocycles. The van der Waals surface area contributed by atoms with E-state index in [2.05, 4.69) is 10.0 Å². The Labute approximate surface area is 112 Å². The van der Waals surface area contributed by atoms with Crippen molar-refractivity contribution in [1.29, 1.82) is 0 Å². The molecule has 0 atom stereocenters. The van der Waals surface area contributed by atoms with Gasteiger partial charge in [0.1, 0.15) is 5.69 Å². The minimum Gasteiger partial charge on any atom is -0.379 e. The quantitative estimate of drug-likeness (QED) is 0.446. The lowest BCUT2D eigenvalue weighted by Crippen LogP contribution is -2.24. The molecule has 1 rings (SSSR count). The van der Waals surface area contributed by atoms with Crippen molar-refractivity contribution in [3.05, 3.63) is 33.9 Å². The molecule has 0 heterocycles. The fourth-order valence-electron chi connectivity index (χ4n) is 1.52. The Morgan fingerprint density at radius 1 is 1.32 bits per heavy atom. The van der Waals surface area contributed by atoms with E-state index in [1.165, 1.54) is 6.07 Å². The standard InChI is InChI=1S/C11H17N3O4S/c1-9-4-5-11(14(15)16)10(8-9)12-6-3-7-13-19(2,17)18/h4-5,8,12-13H,3,6-7H2,1-2H3. The zero-order valence-electron chi connectivity index (χ0n) is 10.8. The minimum absolute atomic E-state index is 0.0154. The van der Waals surface area contributed by atoms with Gasteiger partial charge in [0.05, 0.1) is 11.2 Å². The summed E-state index contributed by atoms with van der Waals surface area (Å²) in [5, 5.41) is 13.8. The van der Waals surface area contributed by atoms with Crippen LogP contribution in [-0.2, 0) is 10.0 Å². The fraction of sp³-hybridized carbons (Fsp3) is 0.455. The van der Waals surface area contributed by atoms with E-state index < -0.39 is 14.9 Å². The number of nitrogens with one attached hydrogen (secondary N) is 2. The highest BCUT2D eigenvalue weighted by atomic mass is 32.2. The Kier molecular flexibility index (Phi) is 5.25. The van der Waals surface area contributed by atoms with Gasteiger partial charge in [-0.1, -0.05) is 6.07 Å². The number of anilines is 1. The summed E-state index contributed by atoms with van der Waals surface area (Å²) in [5.74, 6) is 0. The highest BCUT2D eigenvalue weighted by Gasteiger charge is 2.12. The molecule has 7 nitrogen and oxygen atoms in total. The largest absolute Gasteiger partial charge is 0.379 e.